The Labute approximate surface area is 98.7 Å². The minimum absolute atomic E-state index is 0.432. The number of hydrogen-bond acceptors (Lipinski definition) is 2. The molecule has 0 spiro atoms. The van der Waals surface area contributed by atoms with Gasteiger partial charge in [0.25, 0.3) is 0 Å². The lowest BCUT2D eigenvalue weighted by Crippen LogP contribution is -2.18. The quantitative estimate of drug-likeness (QED) is 0.747. The van der Waals surface area contributed by atoms with Crippen LogP contribution >= 0.6 is 12.6 Å². The Morgan fingerprint density at radius 3 is 2.27 bits per heavy atom. The normalized spacial score (nSPS) is 12.9. The summed E-state index contributed by atoms with van der Waals surface area (Å²) < 4.78 is 0. The van der Waals surface area contributed by atoms with E-state index in [1.807, 2.05) is 7.05 Å². The van der Waals surface area contributed by atoms with Gasteiger partial charge < -0.3 is 5.32 Å². The van der Waals surface area contributed by atoms with Crippen molar-refractivity contribution >= 4 is 12.6 Å². The molecule has 0 heterocycles. The largest absolute Gasteiger partial charge is 0.313 e. The van der Waals surface area contributed by atoms with Gasteiger partial charge in [0.2, 0.25) is 0 Å². The first-order valence-corrected chi connectivity index (χ1v) is 6.09. The predicted molar refractivity (Wildman–Crippen MR) is 70.9 cm³/mol. The number of hydrogen-bond donors (Lipinski definition) is 2. The highest BCUT2D eigenvalue weighted by Crippen LogP contribution is 2.24. The zero-order valence-electron chi connectivity index (χ0n) is 10.1. The average Bonchev–Trinajstić information content (AvgIpc) is 2.20. The van der Waals surface area contributed by atoms with Crippen LogP contribution in [0.4, 0.5) is 0 Å². The lowest BCUT2D eigenvalue weighted by molar-refractivity contribution is 0.578. The Bertz CT molecular complexity index is 334. The molecule has 0 aliphatic heterocycles. The Kier molecular flexibility index (Phi) is 4.68. The first-order chi connectivity index (χ1) is 7.10. The Morgan fingerprint density at radius 1 is 1.13 bits per heavy atom. The van der Waals surface area contributed by atoms with Gasteiger partial charge in [-0.2, -0.15) is 12.6 Å². The third-order valence-electron chi connectivity index (χ3n) is 3.02. The van der Waals surface area contributed by atoms with Crippen LogP contribution in [-0.4, -0.2) is 12.8 Å². The van der Waals surface area contributed by atoms with Gasteiger partial charge in [0.05, 0.1) is 0 Å². The highest BCUT2D eigenvalue weighted by Gasteiger charge is 2.11. The standard InChI is InChI=1S/C13H21NS/c1-9-7-11(3)12(8-10(9)2)13(14-4)5-6-15/h7-8,13-15H,5-6H2,1-4H3. The van der Waals surface area contributed by atoms with Crippen LogP contribution in [0.1, 0.15) is 34.7 Å². The molecule has 0 amide bonds. The zero-order valence-corrected chi connectivity index (χ0v) is 11.0. The van der Waals surface area contributed by atoms with Crippen molar-refractivity contribution in [2.24, 2.45) is 0 Å². The fraction of sp³-hybridized carbons (Fsp3) is 0.538. The van der Waals surface area contributed by atoms with Crippen LogP contribution in [0, 0.1) is 20.8 Å². The monoisotopic (exact) mass is 223 g/mol. The lowest BCUT2D eigenvalue weighted by Gasteiger charge is -2.19. The Morgan fingerprint density at radius 2 is 1.73 bits per heavy atom. The van der Waals surface area contributed by atoms with E-state index in [0.717, 1.165) is 12.2 Å². The van der Waals surface area contributed by atoms with Crippen molar-refractivity contribution in [2.45, 2.75) is 33.2 Å². The van der Waals surface area contributed by atoms with Gasteiger partial charge in [-0.05, 0) is 62.2 Å². The Hall–Kier alpha value is -0.470. The Balaban J connectivity index is 3.06. The van der Waals surface area contributed by atoms with E-state index in [-0.39, 0.29) is 0 Å². The van der Waals surface area contributed by atoms with Crippen LogP contribution in [0.15, 0.2) is 12.1 Å². The van der Waals surface area contributed by atoms with Crippen molar-refractivity contribution in [3.63, 3.8) is 0 Å². The molecule has 84 valence electrons. The molecule has 0 saturated carbocycles. The van der Waals surface area contributed by atoms with E-state index < -0.39 is 0 Å². The molecule has 0 aliphatic rings. The van der Waals surface area contributed by atoms with Crippen LogP contribution in [0.2, 0.25) is 0 Å². The van der Waals surface area contributed by atoms with Crippen molar-refractivity contribution in [1.82, 2.24) is 5.32 Å². The van der Waals surface area contributed by atoms with Gasteiger partial charge in [0.1, 0.15) is 0 Å². The molecule has 0 saturated heterocycles. The summed E-state index contributed by atoms with van der Waals surface area (Å²) in [5.41, 5.74) is 5.53. The molecule has 0 aromatic heterocycles. The summed E-state index contributed by atoms with van der Waals surface area (Å²) in [6, 6.07) is 5.00. The van der Waals surface area contributed by atoms with Gasteiger partial charge in [-0.25, -0.2) is 0 Å². The van der Waals surface area contributed by atoms with Gasteiger partial charge in [0, 0.05) is 6.04 Å². The molecular weight excluding hydrogens is 202 g/mol. The molecule has 1 nitrogen and oxygen atoms in total. The second-order valence-corrected chi connectivity index (χ2v) is 4.59. The van der Waals surface area contributed by atoms with Crippen LogP contribution in [0.3, 0.4) is 0 Å². The van der Waals surface area contributed by atoms with Gasteiger partial charge in [-0.1, -0.05) is 12.1 Å². The highest BCUT2D eigenvalue weighted by molar-refractivity contribution is 7.80. The molecule has 1 aromatic rings. The van der Waals surface area contributed by atoms with Gasteiger partial charge in [0.15, 0.2) is 0 Å². The third-order valence-corrected chi connectivity index (χ3v) is 3.28. The van der Waals surface area contributed by atoms with Crippen LogP contribution < -0.4 is 5.32 Å². The van der Waals surface area contributed by atoms with E-state index in [1.165, 1.54) is 22.3 Å². The van der Waals surface area contributed by atoms with E-state index in [0.29, 0.717) is 6.04 Å². The maximum Gasteiger partial charge on any atom is 0.0328 e. The van der Waals surface area contributed by atoms with E-state index in [4.69, 9.17) is 0 Å². The molecule has 2 heteroatoms. The maximum atomic E-state index is 4.30. The molecule has 0 bridgehead atoms. The van der Waals surface area contributed by atoms with Crippen LogP contribution in [-0.2, 0) is 0 Å². The van der Waals surface area contributed by atoms with E-state index in [9.17, 15) is 0 Å². The number of rotatable bonds is 4. The second kappa shape index (κ2) is 5.57. The van der Waals surface area contributed by atoms with Crippen molar-refractivity contribution in [3.8, 4) is 0 Å². The molecule has 0 radical (unpaired) electrons. The summed E-state index contributed by atoms with van der Waals surface area (Å²) in [5.74, 6) is 0.915. The summed E-state index contributed by atoms with van der Waals surface area (Å²) in [5, 5.41) is 3.36. The average molecular weight is 223 g/mol. The molecule has 1 aromatic carbocycles. The van der Waals surface area contributed by atoms with E-state index in [1.54, 1.807) is 0 Å². The molecule has 1 N–H and O–H groups in total. The molecule has 1 atom stereocenters. The van der Waals surface area contributed by atoms with Crippen molar-refractivity contribution in [2.75, 3.05) is 12.8 Å². The molecule has 0 fully saturated rings. The summed E-state index contributed by atoms with van der Waals surface area (Å²) in [6.45, 7) is 6.52. The first kappa shape index (κ1) is 12.6. The number of aryl methyl sites for hydroxylation is 3. The maximum absolute atomic E-state index is 4.30. The van der Waals surface area contributed by atoms with Crippen LogP contribution in [0.25, 0.3) is 0 Å². The summed E-state index contributed by atoms with van der Waals surface area (Å²) in [7, 11) is 2.02. The zero-order chi connectivity index (χ0) is 11.4. The number of thiol groups is 1. The highest BCUT2D eigenvalue weighted by atomic mass is 32.1. The minimum Gasteiger partial charge on any atom is -0.313 e. The fourth-order valence-corrected chi connectivity index (χ4v) is 2.20. The van der Waals surface area contributed by atoms with Crippen LogP contribution in [0.5, 0.6) is 0 Å². The topological polar surface area (TPSA) is 12.0 Å². The van der Waals surface area contributed by atoms with Crippen molar-refractivity contribution in [1.29, 1.82) is 0 Å². The summed E-state index contributed by atoms with van der Waals surface area (Å²) in [6.07, 6.45) is 1.07. The number of nitrogens with one attached hydrogen (secondary N) is 1. The summed E-state index contributed by atoms with van der Waals surface area (Å²) >= 11 is 4.30. The smallest absolute Gasteiger partial charge is 0.0328 e. The molecule has 0 aliphatic carbocycles. The third kappa shape index (κ3) is 2.99. The predicted octanol–water partition coefficient (Wildman–Crippen LogP) is 3.19. The van der Waals surface area contributed by atoms with E-state index in [2.05, 4.69) is 50.8 Å². The summed E-state index contributed by atoms with van der Waals surface area (Å²) in [4.78, 5) is 0. The van der Waals surface area contributed by atoms with Gasteiger partial charge in [-0.15, -0.1) is 0 Å². The molecule has 1 rings (SSSR count). The second-order valence-electron chi connectivity index (χ2n) is 4.15. The van der Waals surface area contributed by atoms with Crippen molar-refractivity contribution in [3.05, 3.63) is 34.4 Å². The molecular formula is C13H21NS. The van der Waals surface area contributed by atoms with E-state index >= 15 is 0 Å². The number of benzene rings is 1. The SMILES string of the molecule is CNC(CCS)c1cc(C)c(C)cc1C. The fourth-order valence-electron chi connectivity index (χ4n) is 1.94. The first-order valence-electron chi connectivity index (χ1n) is 5.46. The molecule has 1 unspecified atom stereocenters. The lowest BCUT2D eigenvalue weighted by atomic mass is 9.94. The van der Waals surface area contributed by atoms with Crippen molar-refractivity contribution < 1.29 is 0 Å². The van der Waals surface area contributed by atoms with Gasteiger partial charge in [-0.3, -0.25) is 0 Å². The van der Waals surface area contributed by atoms with Gasteiger partial charge >= 0.3 is 0 Å². The molecule has 15 heavy (non-hydrogen) atoms. The minimum atomic E-state index is 0.432.